The highest BCUT2D eigenvalue weighted by Crippen LogP contribution is 2.44. The van der Waals surface area contributed by atoms with Crippen molar-refractivity contribution in [3.63, 3.8) is 0 Å². The van der Waals surface area contributed by atoms with Crippen molar-refractivity contribution < 1.29 is 34.0 Å². The first-order valence-corrected chi connectivity index (χ1v) is 12.4. The Bertz CT molecular complexity index is 1390. The Hall–Kier alpha value is -3.86. The van der Waals surface area contributed by atoms with E-state index in [0.29, 0.717) is 16.8 Å². The number of rotatable bonds is 6. The minimum atomic E-state index is -2.07. The number of aryl methyl sites for hydroxylation is 1. The molecule has 1 fully saturated rings. The molecule has 38 heavy (non-hydrogen) atoms. The molecule has 1 saturated heterocycles. The Labute approximate surface area is 219 Å². The minimum absolute atomic E-state index is 0.0240. The predicted octanol–water partition coefficient (Wildman–Crippen LogP) is 2.63. The van der Waals surface area contributed by atoms with E-state index < -0.39 is 29.7 Å². The Balaban J connectivity index is 1.41. The van der Waals surface area contributed by atoms with Crippen LogP contribution in [0.25, 0.3) is 11.0 Å². The molecule has 1 spiro atoms. The molecule has 0 aliphatic carbocycles. The summed E-state index contributed by atoms with van der Waals surface area (Å²) in [6, 6.07) is 12.9. The van der Waals surface area contributed by atoms with Crippen LogP contribution in [0, 0.1) is 13.8 Å². The summed E-state index contributed by atoms with van der Waals surface area (Å²) in [6.45, 7) is 4.11. The predicted molar refractivity (Wildman–Crippen MR) is 135 cm³/mol. The van der Waals surface area contributed by atoms with Gasteiger partial charge in [-0.1, -0.05) is 24.3 Å². The first-order valence-electron chi connectivity index (χ1n) is 12.4. The van der Waals surface area contributed by atoms with Crippen LogP contribution in [-0.2, 0) is 24.7 Å². The van der Waals surface area contributed by atoms with Gasteiger partial charge < -0.3 is 24.4 Å². The SMILES string of the molecule is Cc1cccc(OCC[C@@H](O)N2CCC(O)(c3cnc4ccccc4n3)CC23OC(=O)C=CC(=O)O3)c1C. The number of carbonyl (C=O) groups is 2. The fourth-order valence-electron chi connectivity index (χ4n) is 4.85. The second-order valence-corrected chi connectivity index (χ2v) is 9.60. The highest BCUT2D eigenvalue weighted by atomic mass is 16.8. The number of carbonyl (C=O) groups excluding carboxylic acids is 2. The molecule has 1 unspecified atom stereocenters. The van der Waals surface area contributed by atoms with E-state index in [9.17, 15) is 19.8 Å². The highest BCUT2D eigenvalue weighted by molar-refractivity contribution is 5.93. The van der Waals surface area contributed by atoms with Crippen molar-refractivity contribution >= 4 is 23.0 Å². The number of esters is 2. The van der Waals surface area contributed by atoms with Crippen molar-refractivity contribution in [3.8, 4) is 5.75 Å². The van der Waals surface area contributed by atoms with Crippen LogP contribution in [0.2, 0.25) is 0 Å². The van der Waals surface area contributed by atoms with Crippen molar-refractivity contribution in [2.45, 2.75) is 50.8 Å². The zero-order valence-corrected chi connectivity index (χ0v) is 21.2. The molecule has 10 heteroatoms. The summed E-state index contributed by atoms with van der Waals surface area (Å²) in [4.78, 5) is 35.3. The number of aromatic nitrogens is 2. The smallest absolute Gasteiger partial charge is 0.335 e. The molecule has 3 aromatic rings. The average Bonchev–Trinajstić information content (AvgIpc) is 3.03. The van der Waals surface area contributed by atoms with E-state index in [1.54, 1.807) is 12.1 Å². The van der Waals surface area contributed by atoms with Crippen molar-refractivity contribution in [2.75, 3.05) is 13.2 Å². The van der Waals surface area contributed by atoms with Crippen LogP contribution in [-0.4, -0.2) is 62.3 Å². The van der Waals surface area contributed by atoms with Gasteiger partial charge in [-0.3, -0.25) is 4.98 Å². The fraction of sp³-hybridized carbons (Fsp3) is 0.357. The highest BCUT2D eigenvalue weighted by Gasteiger charge is 2.58. The van der Waals surface area contributed by atoms with Gasteiger partial charge in [0.1, 0.15) is 17.6 Å². The van der Waals surface area contributed by atoms with E-state index in [-0.39, 0.29) is 38.1 Å². The van der Waals surface area contributed by atoms with Crippen LogP contribution in [0.3, 0.4) is 0 Å². The van der Waals surface area contributed by atoms with Gasteiger partial charge in [-0.15, -0.1) is 0 Å². The van der Waals surface area contributed by atoms with Crippen molar-refractivity contribution in [2.24, 2.45) is 0 Å². The first-order chi connectivity index (χ1) is 18.2. The molecule has 0 radical (unpaired) electrons. The van der Waals surface area contributed by atoms with Gasteiger partial charge in [-0.2, -0.15) is 0 Å². The lowest BCUT2D eigenvalue weighted by atomic mass is 9.85. The van der Waals surface area contributed by atoms with Crippen molar-refractivity contribution in [3.05, 3.63) is 77.6 Å². The molecule has 2 aliphatic heterocycles. The van der Waals surface area contributed by atoms with E-state index in [1.165, 1.54) is 11.1 Å². The van der Waals surface area contributed by atoms with Gasteiger partial charge in [-0.05, 0) is 49.6 Å². The molecule has 2 atom stereocenters. The number of piperidine rings is 1. The van der Waals surface area contributed by atoms with E-state index >= 15 is 0 Å². The second kappa shape index (κ2) is 10.1. The van der Waals surface area contributed by atoms with Crippen LogP contribution in [0.1, 0.15) is 36.1 Å². The monoisotopic (exact) mass is 519 g/mol. The number of benzene rings is 2. The Kier molecular flexibility index (Phi) is 6.87. The molecule has 0 bridgehead atoms. The molecule has 3 heterocycles. The van der Waals surface area contributed by atoms with Gasteiger partial charge >= 0.3 is 17.8 Å². The number of ether oxygens (including phenoxy) is 3. The molecule has 2 N–H and O–H groups in total. The number of aliphatic hydroxyl groups is 2. The van der Waals surface area contributed by atoms with E-state index in [4.69, 9.17) is 14.2 Å². The van der Waals surface area contributed by atoms with Gasteiger partial charge in [0, 0.05) is 25.1 Å². The summed E-state index contributed by atoms with van der Waals surface area (Å²) in [5.41, 5.74) is 1.90. The van der Waals surface area contributed by atoms with Gasteiger partial charge in [0.25, 0.3) is 0 Å². The number of likely N-dealkylation sites (tertiary alicyclic amines) is 1. The standard InChI is InChI=1S/C28H29N3O7/c1-18-6-5-9-22(19(18)2)36-15-12-24(32)31-14-13-27(35,17-28(31)37-25(33)10-11-26(34)38-28)23-16-29-20-7-3-4-8-21(20)30-23/h3-11,16,24,32,35H,12-15,17H2,1-2H3/t24-,27?/m1/s1. The fourth-order valence-corrected chi connectivity index (χ4v) is 4.85. The summed E-state index contributed by atoms with van der Waals surface area (Å²) in [6.07, 6.45) is 2.00. The number of para-hydroxylation sites is 2. The normalized spacial score (nSPS) is 22.1. The third kappa shape index (κ3) is 4.98. The molecule has 2 aromatic carbocycles. The molecule has 198 valence electrons. The van der Waals surface area contributed by atoms with Gasteiger partial charge in [0.15, 0.2) is 0 Å². The molecule has 0 saturated carbocycles. The summed E-state index contributed by atoms with van der Waals surface area (Å²) < 4.78 is 17.1. The van der Waals surface area contributed by atoms with Gasteiger partial charge in [-0.25, -0.2) is 19.5 Å². The van der Waals surface area contributed by atoms with Gasteiger partial charge in [0.05, 0.1) is 36.0 Å². The maximum atomic E-state index is 12.5. The topological polar surface area (TPSA) is 131 Å². The van der Waals surface area contributed by atoms with Crippen LogP contribution in [0.15, 0.2) is 60.8 Å². The summed E-state index contributed by atoms with van der Waals surface area (Å²) in [5, 5.41) is 22.9. The minimum Gasteiger partial charge on any atom is -0.493 e. The van der Waals surface area contributed by atoms with E-state index in [1.807, 2.05) is 44.2 Å². The number of hydrogen-bond acceptors (Lipinski definition) is 10. The van der Waals surface area contributed by atoms with E-state index in [0.717, 1.165) is 23.3 Å². The summed E-state index contributed by atoms with van der Waals surface area (Å²) in [7, 11) is 0. The lowest BCUT2D eigenvalue weighted by Gasteiger charge is -2.50. The lowest BCUT2D eigenvalue weighted by Crippen LogP contribution is -2.65. The Morgan fingerprint density at radius 1 is 1.05 bits per heavy atom. The number of aliphatic hydroxyl groups excluding tert-OH is 1. The van der Waals surface area contributed by atoms with Crippen molar-refractivity contribution in [1.82, 2.24) is 14.9 Å². The molecule has 5 rings (SSSR count). The summed E-state index contributed by atoms with van der Waals surface area (Å²) >= 11 is 0. The van der Waals surface area contributed by atoms with Crippen LogP contribution in [0.5, 0.6) is 5.75 Å². The van der Waals surface area contributed by atoms with Gasteiger partial charge in [0.2, 0.25) is 0 Å². The molecule has 2 aliphatic rings. The molecule has 10 nitrogen and oxygen atoms in total. The first kappa shape index (κ1) is 25.8. The lowest BCUT2D eigenvalue weighted by molar-refractivity contribution is -0.341. The molecule has 1 aromatic heterocycles. The molecule has 0 amide bonds. The van der Waals surface area contributed by atoms with E-state index in [2.05, 4.69) is 9.97 Å². The number of nitrogens with zero attached hydrogens (tertiary/aromatic N) is 3. The maximum Gasteiger partial charge on any atom is 0.335 e. The van der Waals surface area contributed by atoms with Crippen LogP contribution >= 0.6 is 0 Å². The quantitative estimate of drug-likeness (QED) is 0.469. The Morgan fingerprint density at radius 3 is 2.50 bits per heavy atom. The van der Waals surface area contributed by atoms with Crippen molar-refractivity contribution in [1.29, 1.82) is 0 Å². The third-order valence-corrected chi connectivity index (χ3v) is 7.07. The largest absolute Gasteiger partial charge is 0.493 e. The second-order valence-electron chi connectivity index (χ2n) is 9.60. The number of hydrogen-bond donors (Lipinski definition) is 2. The maximum absolute atomic E-state index is 12.5. The summed E-state index contributed by atoms with van der Waals surface area (Å²) in [5.74, 6) is -3.05. The molecular weight excluding hydrogens is 490 g/mol. The van der Waals surface area contributed by atoms with Crippen LogP contribution in [0.4, 0.5) is 0 Å². The zero-order valence-electron chi connectivity index (χ0n) is 21.2. The number of fused-ring (bicyclic) bond motifs is 1. The molecular formula is C28H29N3O7. The van der Waals surface area contributed by atoms with Crippen LogP contribution < -0.4 is 4.74 Å². The Morgan fingerprint density at radius 2 is 1.76 bits per heavy atom. The zero-order chi connectivity index (χ0) is 26.9. The average molecular weight is 520 g/mol. The third-order valence-electron chi connectivity index (χ3n) is 7.07.